The number of carbonyl (C=O) groups excluding carboxylic acids is 1. The summed E-state index contributed by atoms with van der Waals surface area (Å²) in [7, 11) is 0. The van der Waals surface area contributed by atoms with E-state index in [9.17, 15) is 9.18 Å². The number of hydrogen-bond acceptors (Lipinski definition) is 5. The highest BCUT2D eigenvalue weighted by Crippen LogP contribution is 2.27. The Kier molecular flexibility index (Phi) is 6.22. The van der Waals surface area contributed by atoms with Gasteiger partial charge in [-0.15, -0.1) is 0 Å². The molecule has 2 aliphatic rings. The lowest BCUT2D eigenvalue weighted by atomic mass is 9.93. The highest BCUT2D eigenvalue weighted by Gasteiger charge is 2.24. The molecule has 4 rings (SSSR count). The average Bonchev–Trinajstić information content (AvgIpc) is 3.56. The minimum absolute atomic E-state index is 0.0457. The van der Waals surface area contributed by atoms with E-state index in [1.54, 1.807) is 18.5 Å². The molecule has 6 nitrogen and oxygen atoms in total. The number of anilines is 2. The second-order valence-corrected chi connectivity index (χ2v) is 8.08. The smallest absolute Gasteiger partial charge is 0.220 e. The molecule has 0 unspecified atom stereocenters. The van der Waals surface area contributed by atoms with Gasteiger partial charge in [-0.1, -0.05) is 12.1 Å². The van der Waals surface area contributed by atoms with Crippen molar-refractivity contribution in [3.05, 3.63) is 48.0 Å². The largest absolute Gasteiger partial charge is 0.367 e. The van der Waals surface area contributed by atoms with Gasteiger partial charge in [-0.3, -0.25) is 4.79 Å². The first-order valence-electron chi connectivity index (χ1n) is 10.5. The van der Waals surface area contributed by atoms with E-state index in [4.69, 9.17) is 0 Å². The predicted molar refractivity (Wildman–Crippen MR) is 111 cm³/mol. The van der Waals surface area contributed by atoms with E-state index in [1.165, 1.54) is 25.0 Å². The van der Waals surface area contributed by atoms with Crippen LogP contribution in [0.1, 0.15) is 44.1 Å². The van der Waals surface area contributed by atoms with E-state index in [2.05, 4.69) is 25.5 Å². The molecule has 2 heterocycles. The molecular formula is C22H28FN5O. The van der Waals surface area contributed by atoms with Crippen molar-refractivity contribution >= 4 is 17.5 Å². The van der Waals surface area contributed by atoms with E-state index in [0.29, 0.717) is 24.9 Å². The van der Waals surface area contributed by atoms with Gasteiger partial charge in [0.05, 0.1) is 0 Å². The summed E-state index contributed by atoms with van der Waals surface area (Å²) < 4.78 is 12.9. The monoisotopic (exact) mass is 397 g/mol. The van der Waals surface area contributed by atoms with Crippen LogP contribution in [0.3, 0.4) is 0 Å². The SMILES string of the molecule is O=C(CC[C@H]1CCCN(c2cc(NC3CC3)ncn2)C1)NCc1ccc(F)cc1. The molecule has 2 fully saturated rings. The van der Waals surface area contributed by atoms with Gasteiger partial charge >= 0.3 is 0 Å². The Hall–Kier alpha value is -2.70. The van der Waals surface area contributed by atoms with Crippen LogP contribution in [0, 0.1) is 11.7 Å². The molecule has 1 saturated carbocycles. The van der Waals surface area contributed by atoms with Crippen molar-refractivity contribution in [2.45, 2.75) is 51.1 Å². The van der Waals surface area contributed by atoms with Crippen LogP contribution in [-0.2, 0) is 11.3 Å². The summed E-state index contributed by atoms with van der Waals surface area (Å²) in [5.74, 6) is 2.13. The molecule has 0 bridgehead atoms. The maximum Gasteiger partial charge on any atom is 0.220 e. The number of benzene rings is 1. The van der Waals surface area contributed by atoms with Gasteiger partial charge in [0.2, 0.25) is 5.91 Å². The molecule has 1 saturated heterocycles. The molecule has 0 radical (unpaired) electrons. The Balaban J connectivity index is 1.23. The Bertz CT molecular complexity index is 824. The fraction of sp³-hybridized carbons (Fsp3) is 0.500. The molecule has 1 aliphatic carbocycles. The maximum absolute atomic E-state index is 12.9. The van der Waals surface area contributed by atoms with E-state index in [0.717, 1.165) is 49.6 Å². The van der Waals surface area contributed by atoms with Crippen molar-refractivity contribution in [2.24, 2.45) is 5.92 Å². The summed E-state index contributed by atoms with van der Waals surface area (Å²) in [4.78, 5) is 23.3. The number of aromatic nitrogens is 2. The first-order chi connectivity index (χ1) is 14.2. The van der Waals surface area contributed by atoms with Crippen LogP contribution < -0.4 is 15.5 Å². The summed E-state index contributed by atoms with van der Waals surface area (Å²) in [5, 5.41) is 6.35. The second-order valence-electron chi connectivity index (χ2n) is 8.08. The van der Waals surface area contributed by atoms with Crippen molar-refractivity contribution in [3.63, 3.8) is 0 Å². The summed E-state index contributed by atoms with van der Waals surface area (Å²) in [6, 6.07) is 8.83. The number of hydrogen-bond donors (Lipinski definition) is 2. The van der Waals surface area contributed by atoms with Gasteiger partial charge in [-0.25, -0.2) is 14.4 Å². The molecule has 1 amide bonds. The number of nitrogens with zero attached hydrogens (tertiary/aromatic N) is 3. The van der Waals surface area contributed by atoms with Crippen molar-refractivity contribution < 1.29 is 9.18 Å². The number of carbonyl (C=O) groups is 1. The molecule has 2 aromatic rings. The third-order valence-electron chi connectivity index (χ3n) is 5.61. The third kappa shape index (κ3) is 5.89. The third-order valence-corrected chi connectivity index (χ3v) is 5.61. The number of halogens is 1. The lowest BCUT2D eigenvalue weighted by Crippen LogP contribution is -2.36. The van der Waals surface area contributed by atoms with Gasteiger partial charge in [0.1, 0.15) is 23.8 Å². The van der Waals surface area contributed by atoms with Crippen LogP contribution in [0.5, 0.6) is 0 Å². The van der Waals surface area contributed by atoms with Gasteiger partial charge < -0.3 is 15.5 Å². The van der Waals surface area contributed by atoms with Crippen LogP contribution in [0.2, 0.25) is 0 Å². The first kappa shape index (κ1) is 19.6. The molecule has 0 spiro atoms. The Labute approximate surface area is 170 Å². The van der Waals surface area contributed by atoms with Crippen LogP contribution in [0.25, 0.3) is 0 Å². The summed E-state index contributed by atoms with van der Waals surface area (Å²) in [6.07, 6.45) is 7.69. The molecule has 1 aliphatic heterocycles. The van der Waals surface area contributed by atoms with Crippen LogP contribution in [-0.4, -0.2) is 35.0 Å². The van der Waals surface area contributed by atoms with E-state index in [-0.39, 0.29) is 11.7 Å². The molecular weight excluding hydrogens is 369 g/mol. The number of nitrogens with one attached hydrogen (secondary N) is 2. The standard InChI is InChI=1S/C22H28FN5O/c23-18-6-3-16(4-7-18)13-24-22(29)10-5-17-2-1-11-28(14-17)21-12-20(25-15-26-21)27-19-8-9-19/h3-4,6-7,12,15,17,19H,1-2,5,8-11,13-14H2,(H,24,29)(H,25,26,27)/t17-/m1/s1. The van der Waals surface area contributed by atoms with E-state index >= 15 is 0 Å². The number of piperidine rings is 1. The van der Waals surface area contributed by atoms with E-state index in [1.807, 2.05) is 6.07 Å². The summed E-state index contributed by atoms with van der Waals surface area (Å²) in [5.41, 5.74) is 0.906. The van der Waals surface area contributed by atoms with Gasteiger partial charge in [0.15, 0.2) is 0 Å². The molecule has 1 aromatic heterocycles. The molecule has 2 N–H and O–H groups in total. The summed E-state index contributed by atoms with van der Waals surface area (Å²) >= 11 is 0. The molecule has 7 heteroatoms. The topological polar surface area (TPSA) is 70.2 Å². The Morgan fingerprint density at radius 2 is 2.00 bits per heavy atom. The van der Waals surface area contributed by atoms with Gasteiger partial charge in [-0.2, -0.15) is 0 Å². The van der Waals surface area contributed by atoms with Crippen molar-refractivity contribution in [3.8, 4) is 0 Å². The van der Waals surface area contributed by atoms with Gasteiger partial charge in [-0.05, 0) is 55.7 Å². The number of rotatable bonds is 8. The molecule has 1 atom stereocenters. The van der Waals surface area contributed by atoms with Crippen LogP contribution in [0.4, 0.5) is 16.0 Å². The van der Waals surface area contributed by atoms with Crippen molar-refractivity contribution in [1.29, 1.82) is 0 Å². The van der Waals surface area contributed by atoms with Gasteiger partial charge in [0, 0.05) is 38.2 Å². The first-order valence-corrected chi connectivity index (χ1v) is 10.5. The normalized spacial score (nSPS) is 19.1. The van der Waals surface area contributed by atoms with Crippen LogP contribution in [0.15, 0.2) is 36.7 Å². The Morgan fingerprint density at radius 1 is 1.17 bits per heavy atom. The lowest BCUT2D eigenvalue weighted by molar-refractivity contribution is -0.121. The minimum Gasteiger partial charge on any atom is -0.367 e. The molecule has 154 valence electrons. The predicted octanol–water partition coefficient (Wildman–Crippen LogP) is 3.50. The zero-order valence-corrected chi connectivity index (χ0v) is 16.6. The summed E-state index contributed by atoms with van der Waals surface area (Å²) in [6.45, 7) is 2.35. The molecule has 29 heavy (non-hydrogen) atoms. The average molecular weight is 397 g/mol. The highest BCUT2D eigenvalue weighted by molar-refractivity contribution is 5.75. The zero-order chi connectivity index (χ0) is 20.1. The zero-order valence-electron chi connectivity index (χ0n) is 16.6. The number of amides is 1. The lowest BCUT2D eigenvalue weighted by Gasteiger charge is -2.33. The van der Waals surface area contributed by atoms with Crippen molar-refractivity contribution in [2.75, 3.05) is 23.3 Å². The second kappa shape index (κ2) is 9.20. The quantitative estimate of drug-likeness (QED) is 0.713. The maximum atomic E-state index is 12.9. The highest BCUT2D eigenvalue weighted by atomic mass is 19.1. The minimum atomic E-state index is -0.263. The Morgan fingerprint density at radius 3 is 2.79 bits per heavy atom. The van der Waals surface area contributed by atoms with Crippen LogP contribution >= 0.6 is 0 Å². The van der Waals surface area contributed by atoms with E-state index < -0.39 is 0 Å². The van der Waals surface area contributed by atoms with Gasteiger partial charge in [0.25, 0.3) is 0 Å². The fourth-order valence-corrected chi connectivity index (χ4v) is 3.77. The fourth-order valence-electron chi connectivity index (χ4n) is 3.77. The molecule has 1 aromatic carbocycles. The van der Waals surface area contributed by atoms with Crippen molar-refractivity contribution in [1.82, 2.24) is 15.3 Å².